The Morgan fingerprint density at radius 3 is 2.07 bits per heavy atom. The predicted octanol–water partition coefficient (Wildman–Crippen LogP) is 3.63. The van der Waals surface area contributed by atoms with Crippen LogP contribution in [0.5, 0.6) is 0 Å². The van der Waals surface area contributed by atoms with Crippen LogP contribution in [-0.2, 0) is 14.4 Å². The number of carbonyl (C=O) groups is 3. The Kier molecular flexibility index (Phi) is 5.60. The first kappa shape index (κ1) is 20.9. The summed E-state index contributed by atoms with van der Waals surface area (Å²) in [4.78, 5) is 39.4. The molecule has 2 saturated carbocycles. The molecule has 0 aromatic carbocycles. The van der Waals surface area contributed by atoms with E-state index in [-0.39, 0.29) is 11.7 Å². The van der Waals surface area contributed by atoms with Crippen LogP contribution in [0.3, 0.4) is 0 Å². The third kappa shape index (κ3) is 3.24. The molecule has 0 radical (unpaired) electrons. The highest BCUT2D eigenvalue weighted by Crippen LogP contribution is 2.47. The summed E-state index contributed by atoms with van der Waals surface area (Å²) >= 11 is 0. The molecule has 3 aliphatic rings. The van der Waals surface area contributed by atoms with Crippen molar-refractivity contribution in [3.63, 3.8) is 0 Å². The van der Waals surface area contributed by atoms with E-state index >= 15 is 0 Å². The average Bonchev–Trinajstić information content (AvgIpc) is 3.21. The number of alkyl halides is 3. The summed E-state index contributed by atoms with van der Waals surface area (Å²) in [7, 11) is 0. The van der Waals surface area contributed by atoms with Crippen LogP contribution >= 0.6 is 0 Å². The number of rotatable bonds is 4. The minimum Gasteiger partial charge on any atom is -0.330 e. The Morgan fingerprint density at radius 2 is 1.57 bits per heavy atom. The van der Waals surface area contributed by atoms with Crippen LogP contribution in [0.1, 0.15) is 71.6 Å². The molecule has 1 atom stereocenters. The number of ketones is 1. The summed E-state index contributed by atoms with van der Waals surface area (Å²) in [5, 5.41) is 2.03. The van der Waals surface area contributed by atoms with Crippen molar-refractivity contribution in [2.75, 3.05) is 0 Å². The summed E-state index contributed by atoms with van der Waals surface area (Å²) in [5.74, 6) is -3.42. The molecule has 0 bridgehead atoms. The highest BCUT2D eigenvalue weighted by molar-refractivity contribution is 6.12. The number of nitrogens with one attached hydrogen (secondary N) is 1. The Labute approximate surface area is 162 Å². The third-order valence-corrected chi connectivity index (χ3v) is 6.39. The molecule has 1 heterocycles. The van der Waals surface area contributed by atoms with Gasteiger partial charge in [0.25, 0.3) is 5.91 Å². The minimum atomic E-state index is -5.11. The van der Waals surface area contributed by atoms with Crippen molar-refractivity contribution < 1.29 is 27.6 Å². The van der Waals surface area contributed by atoms with E-state index in [1.54, 1.807) is 0 Å². The molecule has 2 fully saturated rings. The maximum absolute atomic E-state index is 14.4. The molecule has 0 unspecified atom stereocenters. The molecule has 8 heteroatoms. The van der Waals surface area contributed by atoms with Crippen LogP contribution in [0.15, 0.2) is 11.3 Å². The second-order valence-corrected chi connectivity index (χ2v) is 8.20. The number of hydrogen-bond donors (Lipinski definition) is 1. The maximum Gasteiger partial charge on any atom is 0.425 e. The lowest BCUT2D eigenvalue weighted by molar-refractivity contribution is -0.195. The molecule has 1 aliphatic heterocycles. The molecule has 2 aliphatic carbocycles. The van der Waals surface area contributed by atoms with Gasteiger partial charge in [-0.25, -0.2) is 0 Å². The van der Waals surface area contributed by atoms with E-state index in [9.17, 15) is 27.6 Å². The molecule has 0 aromatic heterocycles. The normalized spacial score (nSPS) is 27.6. The van der Waals surface area contributed by atoms with E-state index in [4.69, 9.17) is 0 Å². The zero-order valence-electron chi connectivity index (χ0n) is 16.3. The Morgan fingerprint density at radius 1 is 1.04 bits per heavy atom. The molecule has 156 valence electrons. The first-order valence-electron chi connectivity index (χ1n) is 10.1. The van der Waals surface area contributed by atoms with Crippen LogP contribution in [0, 0.1) is 5.92 Å². The van der Waals surface area contributed by atoms with E-state index in [0.29, 0.717) is 25.7 Å². The zero-order chi connectivity index (χ0) is 20.7. The van der Waals surface area contributed by atoms with Gasteiger partial charge in [-0.05, 0) is 39.5 Å². The van der Waals surface area contributed by atoms with E-state index in [0.717, 1.165) is 43.9 Å². The summed E-state index contributed by atoms with van der Waals surface area (Å²) < 4.78 is 43.2. The van der Waals surface area contributed by atoms with E-state index in [1.165, 1.54) is 6.92 Å². The van der Waals surface area contributed by atoms with Crippen molar-refractivity contribution in [3.8, 4) is 0 Å². The number of carbonyl (C=O) groups excluding carboxylic acids is 3. The number of nitrogens with zero attached hydrogens (tertiary/aromatic N) is 1. The van der Waals surface area contributed by atoms with Crippen molar-refractivity contribution in [1.29, 1.82) is 0 Å². The highest BCUT2D eigenvalue weighted by Gasteiger charge is 2.70. The summed E-state index contributed by atoms with van der Waals surface area (Å²) in [6, 6.07) is -0.363. The first-order valence-corrected chi connectivity index (χ1v) is 10.1. The quantitative estimate of drug-likeness (QED) is 0.784. The van der Waals surface area contributed by atoms with Gasteiger partial charge < -0.3 is 10.2 Å². The van der Waals surface area contributed by atoms with Gasteiger partial charge >= 0.3 is 6.18 Å². The summed E-state index contributed by atoms with van der Waals surface area (Å²) in [6.45, 7) is 2.41. The van der Waals surface area contributed by atoms with Gasteiger partial charge in [0.1, 0.15) is 0 Å². The van der Waals surface area contributed by atoms with Crippen molar-refractivity contribution in [1.82, 2.24) is 10.2 Å². The average molecular weight is 400 g/mol. The van der Waals surface area contributed by atoms with E-state index in [1.807, 2.05) is 5.32 Å². The molecular formula is C20H27F3N2O3. The van der Waals surface area contributed by atoms with Crippen LogP contribution in [0.25, 0.3) is 0 Å². The zero-order valence-corrected chi connectivity index (χ0v) is 16.3. The van der Waals surface area contributed by atoms with Crippen LogP contribution < -0.4 is 5.32 Å². The van der Waals surface area contributed by atoms with Crippen LogP contribution in [0.2, 0.25) is 0 Å². The lowest BCUT2D eigenvalue weighted by Gasteiger charge is -2.36. The fraction of sp³-hybridized carbons (Fsp3) is 0.750. The van der Waals surface area contributed by atoms with Crippen molar-refractivity contribution >= 4 is 17.6 Å². The number of allylic oxidation sites excluding steroid dienone is 1. The number of halogens is 3. The Balaban J connectivity index is 2.05. The largest absolute Gasteiger partial charge is 0.425 e. The Hall–Kier alpha value is -1.86. The van der Waals surface area contributed by atoms with Crippen LogP contribution in [0.4, 0.5) is 13.2 Å². The maximum atomic E-state index is 14.4. The van der Waals surface area contributed by atoms with Crippen molar-refractivity contribution in [2.24, 2.45) is 5.92 Å². The predicted molar refractivity (Wildman–Crippen MR) is 96.0 cm³/mol. The van der Waals surface area contributed by atoms with Gasteiger partial charge in [0, 0.05) is 17.7 Å². The fourth-order valence-electron chi connectivity index (χ4n) is 5.05. The topological polar surface area (TPSA) is 66.5 Å². The number of amides is 2. The van der Waals surface area contributed by atoms with Gasteiger partial charge in [-0.2, -0.15) is 13.2 Å². The fourth-order valence-corrected chi connectivity index (χ4v) is 5.05. The highest BCUT2D eigenvalue weighted by atomic mass is 19.4. The van der Waals surface area contributed by atoms with E-state index < -0.39 is 40.8 Å². The van der Waals surface area contributed by atoms with E-state index in [2.05, 4.69) is 0 Å². The molecule has 1 N–H and O–H groups in total. The van der Waals surface area contributed by atoms with Gasteiger partial charge in [-0.3, -0.25) is 14.4 Å². The molecule has 28 heavy (non-hydrogen) atoms. The molecular weight excluding hydrogens is 373 g/mol. The molecule has 0 spiro atoms. The second-order valence-electron chi connectivity index (χ2n) is 8.20. The lowest BCUT2D eigenvalue weighted by atomic mass is 9.84. The summed E-state index contributed by atoms with van der Waals surface area (Å²) in [5.41, 5.74) is -3.90. The van der Waals surface area contributed by atoms with Gasteiger partial charge in [-0.15, -0.1) is 0 Å². The van der Waals surface area contributed by atoms with Gasteiger partial charge in [0.15, 0.2) is 5.78 Å². The molecule has 2 amide bonds. The molecule has 0 aromatic rings. The number of Topliss-reactive ketones (excluding diaryl/α,β-unsaturated/α-hetero) is 1. The van der Waals surface area contributed by atoms with Gasteiger partial charge in [0.2, 0.25) is 11.4 Å². The number of hydrogen-bond acceptors (Lipinski definition) is 3. The molecule has 3 rings (SSSR count). The Bertz CT molecular complexity index is 704. The minimum absolute atomic E-state index is 0.0191. The standard InChI is InChI=1S/C20H27F3N2O3/c1-12-16(13(2)26)19(20(21,22)23,18(28)25(12)15-10-6-7-11-15)24-17(27)14-8-4-3-5-9-14/h14-15H,3-11H2,1-2H3,(H,24,27)/t19-/m1/s1. The van der Waals surface area contributed by atoms with Crippen LogP contribution in [-0.4, -0.2) is 40.3 Å². The van der Waals surface area contributed by atoms with Gasteiger partial charge in [0.05, 0.1) is 5.57 Å². The lowest BCUT2D eigenvalue weighted by Crippen LogP contribution is -2.67. The first-order chi connectivity index (χ1) is 13.1. The molecule has 5 nitrogen and oxygen atoms in total. The molecule has 0 saturated heterocycles. The van der Waals surface area contributed by atoms with Gasteiger partial charge in [-0.1, -0.05) is 32.1 Å². The van der Waals surface area contributed by atoms with Crippen molar-refractivity contribution in [2.45, 2.75) is 89.4 Å². The van der Waals surface area contributed by atoms with Crippen molar-refractivity contribution in [3.05, 3.63) is 11.3 Å². The SMILES string of the molecule is CC(=O)C1=C(C)N(C2CCCC2)C(=O)[C@@]1(NC(=O)C1CCCCC1)C(F)(F)F. The summed E-state index contributed by atoms with van der Waals surface area (Å²) in [6.07, 6.45) is 1.22. The second kappa shape index (κ2) is 7.52. The third-order valence-electron chi connectivity index (χ3n) is 6.39. The monoisotopic (exact) mass is 400 g/mol. The smallest absolute Gasteiger partial charge is 0.330 e.